The van der Waals surface area contributed by atoms with Crippen molar-refractivity contribution in [2.75, 3.05) is 5.32 Å². The number of rotatable bonds is 4. The van der Waals surface area contributed by atoms with Crippen molar-refractivity contribution in [1.82, 2.24) is 9.97 Å². The first kappa shape index (κ1) is 15.3. The van der Waals surface area contributed by atoms with Crippen LogP contribution in [0, 0.1) is 0 Å². The molecule has 4 rings (SSSR count). The molecule has 0 atom stereocenters. The van der Waals surface area contributed by atoms with Crippen LogP contribution in [0.2, 0.25) is 5.02 Å². The third-order valence-corrected chi connectivity index (χ3v) is 5.20. The molecule has 2 aromatic heterocycles. The number of thiazole rings is 2. The van der Waals surface area contributed by atoms with Crippen molar-refractivity contribution in [2.45, 2.75) is 0 Å². The summed E-state index contributed by atoms with van der Waals surface area (Å²) in [4.78, 5) is 9.24. The van der Waals surface area contributed by atoms with E-state index in [1.165, 1.54) is 0 Å². The van der Waals surface area contributed by atoms with Crippen molar-refractivity contribution in [1.29, 1.82) is 0 Å². The number of hydrogen-bond donors (Lipinski definition) is 1. The van der Waals surface area contributed by atoms with Gasteiger partial charge in [-0.15, -0.1) is 22.7 Å². The second-order valence-corrected chi connectivity index (χ2v) is 7.23. The average Bonchev–Trinajstić information content (AvgIpc) is 3.27. The van der Waals surface area contributed by atoms with E-state index < -0.39 is 0 Å². The van der Waals surface area contributed by atoms with Gasteiger partial charge >= 0.3 is 0 Å². The van der Waals surface area contributed by atoms with Crippen LogP contribution < -0.4 is 5.32 Å². The quantitative estimate of drug-likeness (QED) is 0.456. The number of aromatic nitrogens is 2. The molecule has 0 amide bonds. The number of anilines is 2. The highest BCUT2D eigenvalue weighted by Crippen LogP contribution is 2.30. The lowest BCUT2D eigenvalue weighted by molar-refractivity contribution is 1.34. The van der Waals surface area contributed by atoms with Crippen LogP contribution in [0.1, 0.15) is 0 Å². The molecule has 0 saturated heterocycles. The van der Waals surface area contributed by atoms with E-state index in [1.807, 2.05) is 53.2 Å². The van der Waals surface area contributed by atoms with Gasteiger partial charge in [0.1, 0.15) is 0 Å². The fraction of sp³-hybridized carbons (Fsp3) is 0. The van der Waals surface area contributed by atoms with E-state index in [4.69, 9.17) is 11.6 Å². The summed E-state index contributed by atoms with van der Waals surface area (Å²) in [5, 5.41) is 9.75. The molecule has 0 fully saturated rings. The maximum absolute atomic E-state index is 5.93. The van der Waals surface area contributed by atoms with Crippen molar-refractivity contribution in [3.8, 4) is 22.5 Å². The van der Waals surface area contributed by atoms with E-state index in [2.05, 4.69) is 27.4 Å². The highest BCUT2D eigenvalue weighted by Gasteiger charge is 2.08. The molecule has 0 aliphatic carbocycles. The van der Waals surface area contributed by atoms with Gasteiger partial charge in [-0.3, -0.25) is 0 Å². The predicted octanol–water partition coefficient (Wildman–Crippen LogP) is 6.33. The van der Waals surface area contributed by atoms with Crippen molar-refractivity contribution in [3.05, 3.63) is 70.4 Å². The average molecular weight is 370 g/mol. The van der Waals surface area contributed by atoms with Gasteiger partial charge in [0.15, 0.2) is 10.3 Å². The van der Waals surface area contributed by atoms with Gasteiger partial charge in [-0.25, -0.2) is 9.97 Å². The van der Waals surface area contributed by atoms with Crippen LogP contribution in [0.15, 0.2) is 65.4 Å². The molecule has 0 saturated carbocycles. The number of halogens is 1. The van der Waals surface area contributed by atoms with Gasteiger partial charge < -0.3 is 5.32 Å². The minimum atomic E-state index is 0.726. The van der Waals surface area contributed by atoms with Crippen molar-refractivity contribution >= 4 is 44.5 Å². The molecule has 0 radical (unpaired) electrons. The number of nitrogens with zero attached hydrogens (tertiary/aromatic N) is 2. The Balaban J connectivity index is 1.52. The van der Waals surface area contributed by atoms with Crippen LogP contribution in [-0.4, -0.2) is 9.97 Å². The Bertz CT molecular complexity index is 946. The summed E-state index contributed by atoms with van der Waals surface area (Å²) in [5.41, 5.74) is 4.06. The fourth-order valence-corrected chi connectivity index (χ4v) is 3.88. The molecule has 2 heterocycles. The van der Waals surface area contributed by atoms with Gasteiger partial charge in [0.05, 0.1) is 11.4 Å². The topological polar surface area (TPSA) is 37.8 Å². The van der Waals surface area contributed by atoms with Gasteiger partial charge in [0, 0.05) is 26.9 Å². The highest BCUT2D eigenvalue weighted by molar-refractivity contribution is 7.16. The molecule has 0 bridgehead atoms. The molecule has 24 heavy (non-hydrogen) atoms. The van der Waals surface area contributed by atoms with Crippen LogP contribution in [0.25, 0.3) is 22.5 Å². The number of benzene rings is 2. The minimum Gasteiger partial charge on any atom is -0.307 e. The summed E-state index contributed by atoms with van der Waals surface area (Å²) >= 11 is 9.06. The van der Waals surface area contributed by atoms with E-state index in [0.29, 0.717) is 0 Å². The summed E-state index contributed by atoms with van der Waals surface area (Å²) < 4.78 is 0. The molecule has 0 spiro atoms. The molecule has 0 unspecified atom stereocenters. The van der Waals surface area contributed by atoms with Gasteiger partial charge in [-0.05, 0) is 12.1 Å². The Morgan fingerprint density at radius 2 is 1.25 bits per heavy atom. The molecule has 0 aliphatic heterocycles. The Kier molecular flexibility index (Phi) is 4.30. The van der Waals surface area contributed by atoms with E-state index >= 15 is 0 Å². The Hall–Kier alpha value is -2.21. The van der Waals surface area contributed by atoms with E-state index in [0.717, 1.165) is 37.8 Å². The molecule has 118 valence electrons. The number of nitrogens with one attached hydrogen (secondary N) is 1. The monoisotopic (exact) mass is 369 g/mol. The Morgan fingerprint density at radius 3 is 1.83 bits per heavy atom. The second kappa shape index (κ2) is 6.73. The summed E-state index contributed by atoms with van der Waals surface area (Å²) in [7, 11) is 0. The Morgan fingerprint density at radius 1 is 0.708 bits per heavy atom. The molecule has 3 nitrogen and oxygen atoms in total. The second-order valence-electron chi connectivity index (χ2n) is 5.07. The first-order chi connectivity index (χ1) is 11.8. The minimum absolute atomic E-state index is 0.726. The highest BCUT2D eigenvalue weighted by atomic mass is 35.5. The lowest BCUT2D eigenvalue weighted by Crippen LogP contribution is -1.89. The van der Waals surface area contributed by atoms with Crippen molar-refractivity contribution in [3.63, 3.8) is 0 Å². The van der Waals surface area contributed by atoms with E-state index in [1.54, 1.807) is 22.7 Å². The van der Waals surface area contributed by atoms with Crippen LogP contribution >= 0.6 is 34.3 Å². The fourth-order valence-electron chi connectivity index (χ4n) is 2.25. The third-order valence-electron chi connectivity index (χ3n) is 3.43. The van der Waals surface area contributed by atoms with Gasteiger partial charge in [0.25, 0.3) is 0 Å². The molecule has 0 aliphatic rings. The first-order valence-electron chi connectivity index (χ1n) is 7.27. The van der Waals surface area contributed by atoms with Gasteiger partial charge in [-0.1, -0.05) is 54.1 Å². The summed E-state index contributed by atoms with van der Waals surface area (Å²) in [6.07, 6.45) is 0. The molecule has 4 aromatic rings. The Labute approximate surface area is 152 Å². The zero-order chi connectivity index (χ0) is 16.4. The summed E-state index contributed by atoms with van der Waals surface area (Å²) in [6, 6.07) is 17.8. The maximum atomic E-state index is 5.93. The SMILES string of the molecule is Clc1ccc(-c2csc(Nc3nc(-c4ccccc4)cs3)n2)cc1. The van der Waals surface area contributed by atoms with Crippen molar-refractivity contribution < 1.29 is 0 Å². The van der Waals surface area contributed by atoms with E-state index in [9.17, 15) is 0 Å². The molecule has 1 N–H and O–H groups in total. The number of hydrogen-bond acceptors (Lipinski definition) is 5. The van der Waals surface area contributed by atoms with Crippen LogP contribution in [0.4, 0.5) is 10.3 Å². The molecular formula is C18H12ClN3S2. The lowest BCUT2D eigenvalue weighted by Gasteiger charge is -1.98. The zero-order valence-electron chi connectivity index (χ0n) is 12.4. The van der Waals surface area contributed by atoms with Crippen LogP contribution in [-0.2, 0) is 0 Å². The van der Waals surface area contributed by atoms with Crippen LogP contribution in [0.5, 0.6) is 0 Å². The standard InChI is InChI=1S/C18H12ClN3S2/c19-14-8-6-13(7-9-14)16-11-24-18(21-16)22-17-20-15(10-23-17)12-4-2-1-3-5-12/h1-11H,(H,20,21,22). The predicted molar refractivity (Wildman–Crippen MR) is 103 cm³/mol. The zero-order valence-corrected chi connectivity index (χ0v) is 14.8. The van der Waals surface area contributed by atoms with Crippen molar-refractivity contribution in [2.24, 2.45) is 0 Å². The smallest absolute Gasteiger partial charge is 0.189 e. The van der Waals surface area contributed by atoms with Gasteiger partial charge in [-0.2, -0.15) is 0 Å². The lowest BCUT2D eigenvalue weighted by atomic mass is 10.2. The first-order valence-corrected chi connectivity index (χ1v) is 9.41. The summed E-state index contributed by atoms with van der Waals surface area (Å²) in [6.45, 7) is 0. The van der Waals surface area contributed by atoms with E-state index in [-0.39, 0.29) is 0 Å². The maximum Gasteiger partial charge on any atom is 0.189 e. The van der Waals surface area contributed by atoms with Crippen LogP contribution in [0.3, 0.4) is 0 Å². The third kappa shape index (κ3) is 3.33. The largest absolute Gasteiger partial charge is 0.307 e. The molecular weight excluding hydrogens is 358 g/mol. The molecule has 2 aromatic carbocycles. The summed E-state index contributed by atoms with van der Waals surface area (Å²) in [5.74, 6) is 0. The normalized spacial score (nSPS) is 10.7. The van der Waals surface area contributed by atoms with Gasteiger partial charge in [0.2, 0.25) is 0 Å². The molecule has 6 heteroatoms.